The van der Waals surface area contributed by atoms with Crippen LogP contribution in [0.5, 0.6) is 0 Å². The minimum absolute atomic E-state index is 0.00785. The van der Waals surface area contributed by atoms with Gasteiger partial charge in [0.25, 0.3) is 11.6 Å². The zero-order chi connectivity index (χ0) is 20.8. The third-order valence-corrected chi connectivity index (χ3v) is 5.21. The van der Waals surface area contributed by atoms with Gasteiger partial charge < -0.3 is 15.1 Å². The third kappa shape index (κ3) is 5.75. The van der Waals surface area contributed by atoms with Crippen molar-refractivity contribution in [3.63, 3.8) is 0 Å². The van der Waals surface area contributed by atoms with Crippen molar-refractivity contribution in [2.45, 2.75) is 6.42 Å². The van der Waals surface area contributed by atoms with Crippen LogP contribution < -0.4 is 10.2 Å². The predicted octanol–water partition coefficient (Wildman–Crippen LogP) is 1.16. The highest BCUT2D eigenvalue weighted by Crippen LogP contribution is 2.20. The van der Waals surface area contributed by atoms with Gasteiger partial charge in [-0.1, -0.05) is 35.9 Å². The van der Waals surface area contributed by atoms with Gasteiger partial charge in [-0.05, 0) is 17.7 Å². The first-order valence-electron chi connectivity index (χ1n) is 9.31. The Morgan fingerprint density at radius 1 is 1.10 bits per heavy atom. The maximum atomic E-state index is 12.5. The Labute approximate surface area is 173 Å². The fourth-order valence-corrected chi connectivity index (χ4v) is 3.44. The lowest BCUT2D eigenvalue weighted by atomic mass is 10.1. The summed E-state index contributed by atoms with van der Waals surface area (Å²) >= 11 is 6.06. The molecule has 1 fully saturated rings. The summed E-state index contributed by atoms with van der Waals surface area (Å²) in [5, 5.41) is 14.0. The number of nitrogens with one attached hydrogen (secondary N) is 2. The minimum atomic E-state index is -0.463. The van der Waals surface area contributed by atoms with E-state index in [1.807, 2.05) is 6.07 Å². The number of rotatable bonds is 6. The second-order valence-corrected chi connectivity index (χ2v) is 7.34. The summed E-state index contributed by atoms with van der Waals surface area (Å²) in [6.45, 7) is 2.82. The first-order valence-corrected chi connectivity index (χ1v) is 9.69. The average Bonchev–Trinajstić information content (AvgIpc) is 2.70. The van der Waals surface area contributed by atoms with Gasteiger partial charge in [0.2, 0.25) is 5.91 Å². The minimum Gasteiger partial charge on any atom is -0.331 e. The number of non-ortho nitro benzene ring substituents is 1. The van der Waals surface area contributed by atoms with E-state index in [9.17, 15) is 19.7 Å². The summed E-state index contributed by atoms with van der Waals surface area (Å²) in [7, 11) is 0. The number of hydrogen-bond acceptors (Lipinski definition) is 4. The zero-order valence-electron chi connectivity index (χ0n) is 15.8. The van der Waals surface area contributed by atoms with Gasteiger partial charge in [0.05, 0.1) is 48.2 Å². The maximum Gasteiger partial charge on any atom is 0.279 e. The molecule has 2 amide bonds. The molecule has 9 heteroatoms. The number of anilines is 1. The molecule has 0 spiro atoms. The number of piperazine rings is 1. The molecule has 1 aliphatic heterocycles. The quantitative estimate of drug-likeness (QED) is 0.544. The van der Waals surface area contributed by atoms with Crippen molar-refractivity contribution < 1.29 is 19.4 Å². The van der Waals surface area contributed by atoms with E-state index in [-0.39, 0.29) is 23.9 Å². The fraction of sp³-hybridized carbons (Fsp3) is 0.300. The van der Waals surface area contributed by atoms with Crippen LogP contribution >= 0.6 is 11.6 Å². The van der Waals surface area contributed by atoms with Gasteiger partial charge in [0.15, 0.2) is 6.54 Å². The number of quaternary nitrogens is 1. The third-order valence-electron chi connectivity index (χ3n) is 4.88. The number of carbonyl (C=O) groups excluding carboxylic acids is 2. The molecule has 0 atom stereocenters. The molecule has 0 radical (unpaired) electrons. The van der Waals surface area contributed by atoms with Crippen molar-refractivity contribution in [2.24, 2.45) is 0 Å². The number of halogens is 1. The predicted molar refractivity (Wildman–Crippen MR) is 109 cm³/mol. The first-order chi connectivity index (χ1) is 13.9. The van der Waals surface area contributed by atoms with E-state index in [0.717, 1.165) is 10.5 Å². The van der Waals surface area contributed by atoms with E-state index in [2.05, 4.69) is 5.32 Å². The van der Waals surface area contributed by atoms with Crippen molar-refractivity contribution in [2.75, 3.05) is 38.0 Å². The molecule has 1 heterocycles. The van der Waals surface area contributed by atoms with Gasteiger partial charge in [-0.25, -0.2) is 0 Å². The Balaban J connectivity index is 1.44. The van der Waals surface area contributed by atoms with E-state index < -0.39 is 4.92 Å². The van der Waals surface area contributed by atoms with Crippen molar-refractivity contribution >= 4 is 34.8 Å². The maximum absolute atomic E-state index is 12.5. The molecular formula is C20H22ClN4O4+. The standard InChI is InChI=1S/C20H21ClN4O4/c21-17-3-1-2-4-18(17)22-19(26)14-23-9-11-24(12-10-23)20(27)13-15-5-7-16(8-6-15)25(28)29/h1-8H,9-14H2,(H,22,26)/p+1. The Kier molecular flexibility index (Phi) is 6.79. The summed E-state index contributed by atoms with van der Waals surface area (Å²) in [4.78, 5) is 37.8. The second kappa shape index (κ2) is 9.49. The fourth-order valence-electron chi connectivity index (χ4n) is 3.26. The number of para-hydroxylation sites is 1. The Bertz CT molecular complexity index is 896. The van der Waals surface area contributed by atoms with Gasteiger partial charge in [-0.15, -0.1) is 0 Å². The van der Waals surface area contributed by atoms with Crippen molar-refractivity contribution in [1.82, 2.24) is 4.90 Å². The average molecular weight is 418 g/mol. The molecule has 1 aliphatic rings. The highest BCUT2D eigenvalue weighted by atomic mass is 35.5. The Morgan fingerprint density at radius 3 is 2.38 bits per heavy atom. The van der Waals surface area contributed by atoms with Crippen LogP contribution in [0.4, 0.5) is 11.4 Å². The number of amides is 2. The van der Waals surface area contributed by atoms with Crippen LogP contribution in [0.25, 0.3) is 0 Å². The highest BCUT2D eigenvalue weighted by Gasteiger charge is 2.25. The molecule has 2 aromatic rings. The van der Waals surface area contributed by atoms with Gasteiger partial charge in [0.1, 0.15) is 0 Å². The molecule has 0 unspecified atom stereocenters. The van der Waals surface area contributed by atoms with Crippen LogP contribution in [0, 0.1) is 10.1 Å². The molecule has 29 heavy (non-hydrogen) atoms. The Morgan fingerprint density at radius 2 is 1.76 bits per heavy atom. The summed E-state index contributed by atoms with van der Waals surface area (Å²) in [6.07, 6.45) is 0.209. The van der Waals surface area contributed by atoms with Gasteiger partial charge in [-0.3, -0.25) is 19.7 Å². The number of nitrogens with zero attached hydrogens (tertiary/aromatic N) is 2. The largest absolute Gasteiger partial charge is 0.331 e. The summed E-state index contributed by atoms with van der Waals surface area (Å²) in [5.41, 5.74) is 1.35. The van der Waals surface area contributed by atoms with Crippen molar-refractivity contribution in [3.8, 4) is 0 Å². The summed E-state index contributed by atoms with van der Waals surface area (Å²) < 4.78 is 0. The summed E-state index contributed by atoms with van der Waals surface area (Å²) in [5.74, 6) is -0.128. The van der Waals surface area contributed by atoms with Crippen LogP contribution in [0.15, 0.2) is 48.5 Å². The number of nitro benzene ring substituents is 1. The number of hydrogen-bond donors (Lipinski definition) is 2. The van der Waals surface area contributed by atoms with Crippen LogP contribution in [-0.4, -0.2) is 54.4 Å². The molecule has 0 aliphatic carbocycles. The zero-order valence-corrected chi connectivity index (χ0v) is 16.5. The van der Waals surface area contributed by atoms with Crippen LogP contribution in [-0.2, 0) is 16.0 Å². The number of benzene rings is 2. The second-order valence-electron chi connectivity index (χ2n) is 6.94. The van der Waals surface area contributed by atoms with Crippen molar-refractivity contribution in [3.05, 3.63) is 69.2 Å². The van der Waals surface area contributed by atoms with E-state index in [4.69, 9.17) is 11.6 Å². The highest BCUT2D eigenvalue weighted by molar-refractivity contribution is 6.33. The molecule has 2 aromatic carbocycles. The van der Waals surface area contributed by atoms with Crippen LogP contribution in [0.1, 0.15) is 5.56 Å². The van der Waals surface area contributed by atoms with E-state index in [1.54, 1.807) is 35.2 Å². The molecule has 0 bridgehead atoms. The van der Waals surface area contributed by atoms with Crippen molar-refractivity contribution in [1.29, 1.82) is 0 Å². The van der Waals surface area contributed by atoms with Gasteiger partial charge >= 0.3 is 0 Å². The molecular weight excluding hydrogens is 396 g/mol. The summed E-state index contributed by atoms with van der Waals surface area (Å²) in [6, 6.07) is 13.1. The van der Waals surface area contributed by atoms with Crippen LogP contribution in [0.2, 0.25) is 5.02 Å². The van der Waals surface area contributed by atoms with E-state index >= 15 is 0 Å². The smallest absolute Gasteiger partial charge is 0.279 e. The molecule has 0 saturated carbocycles. The normalized spacial score (nSPS) is 14.4. The monoisotopic (exact) mass is 417 g/mol. The number of nitro groups is 1. The number of carbonyl (C=O) groups is 2. The van der Waals surface area contributed by atoms with E-state index in [1.165, 1.54) is 12.1 Å². The lowest BCUT2D eigenvalue weighted by Crippen LogP contribution is -3.15. The SMILES string of the molecule is O=C(C[NH+]1CCN(C(=O)Cc2ccc([N+](=O)[O-])cc2)CC1)Nc1ccccc1Cl. The van der Waals surface area contributed by atoms with Gasteiger partial charge in [-0.2, -0.15) is 0 Å². The van der Waals surface area contributed by atoms with Crippen LogP contribution in [0.3, 0.4) is 0 Å². The topological polar surface area (TPSA) is 97.0 Å². The molecule has 3 rings (SSSR count). The molecule has 1 saturated heterocycles. The molecule has 8 nitrogen and oxygen atoms in total. The van der Waals surface area contributed by atoms with Gasteiger partial charge in [0, 0.05) is 12.1 Å². The lowest BCUT2D eigenvalue weighted by molar-refractivity contribution is -0.895. The molecule has 2 N–H and O–H groups in total. The molecule has 152 valence electrons. The Hall–Kier alpha value is -2.97. The lowest BCUT2D eigenvalue weighted by Gasteiger charge is -2.32. The first kappa shape index (κ1) is 20.8. The van der Waals surface area contributed by atoms with E-state index in [0.29, 0.717) is 43.4 Å². The molecule has 0 aromatic heterocycles.